The molecule has 0 saturated heterocycles. The second-order valence-electron chi connectivity index (χ2n) is 5.88. The lowest BCUT2D eigenvalue weighted by atomic mass is 10.1. The lowest BCUT2D eigenvalue weighted by molar-refractivity contribution is 0.102. The zero-order valence-electron chi connectivity index (χ0n) is 14.0. The Hall–Kier alpha value is -2.81. The van der Waals surface area contributed by atoms with Gasteiger partial charge >= 0.3 is 0 Å². The van der Waals surface area contributed by atoms with E-state index >= 15 is 0 Å². The molecule has 3 nitrogen and oxygen atoms in total. The van der Waals surface area contributed by atoms with Gasteiger partial charge in [0.25, 0.3) is 5.91 Å². The standard InChI is InChI=1S/C21H21NO2/c1-3-15(2)24-20-12-9-17(10-13-20)21(23)22-19-11-8-16-6-4-5-7-18(16)14-19/h4-15H,3H2,1-2H3,(H,22,23). The first-order valence-electron chi connectivity index (χ1n) is 8.22. The maximum Gasteiger partial charge on any atom is 0.255 e. The Morgan fingerprint density at radius 1 is 1.00 bits per heavy atom. The van der Waals surface area contributed by atoms with E-state index in [9.17, 15) is 4.79 Å². The summed E-state index contributed by atoms with van der Waals surface area (Å²) >= 11 is 0. The topological polar surface area (TPSA) is 38.3 Å². The second-order valence-corrected chi connectivity index (χ2v) is 5.88. The average molecular weight is 319 g/mol. The normalized spacial score (nSPS) is 11.9. The van der Waals surface area contributed by atoms with Crippen LogP contribution in [-0.2, 0) is 0 Å². The number of anilines is 1. The van der Waals surface area contributed by atoms with Crippen LogP contribution in [0.25, 0.3) is 10.8 Å². The van der Waals surface area contributed by atoms with E-state index < -0.39 is 0 Å². The van der Waals surface area contributed by atoms with Crippen LogP contribution in [0.1, 0.15) is 30.6 Å². The average Bonchev–Trinajstić information content (AvgIpc) is 2.62. The SMILES string of the molecule is CCC(C)Oc1ccc(C(=O)Nc2ccc3ccccc3c2)cc1. The van der Waals surface area contributed by atoms with E-state index in [1.807, 2.05) is 55.5 Å². The number of rotatable bonds is 5. The Bertz CT molecular complexity index is 840. The van der Waals surface area contributed by atoms with E-state index in [0.717, 1.165) is 28.6 Å². The van der Waals surface area contributed by atoms with Crippen LogP contribution in [0.15, 0.2) is 66.7 Å². The molecule has 0 aromatic heterocycles. The number of benzene rings is 3. The summed E-state index contributed by atoms with van der Waals surface area (Å²) in [7, 11) is 0. The number of nitrogens with one attached hydrogen (secondary N) is 1. The van der Waals surface area contributed by atoms with Crippen molar-refractivity contribution in [3.8, 4) is 5.75 Å². The van der Waals surface area contributed by atoms with Gasteiger partial charge in [-0.05, 0) is 60.5 Å². The molecule has 122 valence electrons. The number of carbonyl (C=O) groups is 1. The molecule has 0 heterocycles. The monoisotopic (exact) mass is 319 g/mol. The fourth-order valence-electron chi connectivity index (χ4n) is 2.47. The molecule has 1 atom stereocenters. The third-order valence-corrected chi connectivity index (χ3v) is 4.04. The minimum Gasteiger partial charge on any atom is -0.491 e. The number of amides is 1. The number of ether oxygens (including phenoxy) is 1. The first-order chi connectivity index (χ1) is 11.7. The van der Waals surface area contributed by atoms with Crippen LogP contribution < -0.4 is 10.1 Å². The molecular weight excluding hydrogens is 298 g/mol. The Balaban J connectivity index is 1.71. The molecule has 0 bridgehead atoms. The maximum absolute atomic E-state index is 12.4. The Morgan fingerprint density at radius 2 is 1.71 bits per heavy atom. The van der Waals surface area contributed by atoms with E-state index in [0.29, 0.717) is 5.56 Å². The minimum absolute atomic E-state index is 0.125. The van der Waals surface area contributed by atoms with Gasteiger partial charge in [0, 0.05) is 11.3 Å². The van der Waals surface area contributed by atoms with Crippen LogP contribution in [-0.4, -0.2) is 12.0 Å². The quantitative estimate of drug-likeness (QED) is 0.695. The molecular formula is C21H21NO2. The zero-order chi connectivity index (χ0) is 16.9. The van der Waals surface area contributed by atoms with Crippen molar-refractivity contribution < 1.29 is 9.53 Å². The number of hydrogen-bond donors (Lipinski definition) is 1. The van der Waals surface area contributed by atoms with E-state index in [4.69, 9.17) is 4.74 Å². The summed E-state index contributed by atoms with van der Waals surface area (Å²) in [6.07, 6.45) is 1.12. The van der Waals surface area contributed by atoms with Gasteiger partial charge in [-0.15, -0.1) is 0 Å². The van der Waals surface area contributed by atoms with Gasteiger partial charge in [-0.2, -0.15) is 0 Å². The van der Waals surface area contributed by atoms with Gasteiger partial charge in [-0.25, -0.2) is 0 Å². The van der Waals surface area contributed by atoms with Crippen LogP contribution in [0.2, 0.25) is 0 Å². The smallest absolute Gasteiger partial charge is 0.255 e. The molecule has 1 unspecified atom stereocenters. The third-order valence-electron chi connectivity index (χ3n) is 4.04. The molecule has 1 N–H and O–H groups in total. The summed E-state index contributed by atoms with van der Waals surface area (Å²) in [5.74, 6) is 0.659. The van der Waals surface area contributed by atoms with Crippen LogP contribution in [0.3, 0.4) is 0 Å². The first-order valence-corrected chi connectivity index (χ1v) is 8.22. The number of hydrogen-bond acceptors (Lipinski definition) is 2. The van der Waals surface area contributed by atoms with Gasteiger partial charge in [0.05, 0.1) is 6.10 Å². The summed E-state index contributed by atoms with van der Waals surface area (Å²) < 4.78 is 5.73. The summed E-state index contributed by atoms with van der Waals surface area (Å²) in [6, 6.07) is 21.2. The van der Waals surface area contributed by atoms with Crippen molar-refractivity contribution in [2.75, 3.05) is 5.32 Å². The van der Waals surface area contributed by atoms with Crippen molar-refractivity contribution in [2.45, 2.75) is 26.4 Å². The summed E-state index contributed by atoms with van der Waals surface area (Å²) in [6.45, 7) is 4.11. The molecule has 0 fully saturated rings. The van der Waals surface area contributed by atoms with E-state index in [2.05, 4.69) is 18.3 Å². The van der Waals surface area contributed by atoms with Gasteiger partial charge in [0.1, 0.15) is 5.75 Å². The number of fused-ring (bicyclic) bond motifs is 1. The van der Waals surface area contributed by atoms with Crippen molar-refractivity contribution in [3.63, 3.8) is 0 Å². The predicted octanol–water partition coefficient (Wildman–Crippen LogP) is 5.27. The van der Waals surface area contributed by atoms with Crippen molar-refractivity contribution in [1.82, 2.24) is 0 Å². The van der Waals surface area contributed by atoms with Crippen LogP contribution in [0, 0.1) is 0 Å². The van der Waals surface area contributed by atoms with Crippen molar-refractivity contribution >= 4 is 22.4 Å². The molecule has 0 aliphatic heterocycles. The van der Waals surface area contributed by atoms with Crippen molar-refractivity contribution in [1.29, 1.82) is 0 Å². The highest BCUT2D eigenvalue weighted by atomic mass is 16.5. The Labute approximate surface area is 142 Å². The first kappa shape index (κ1) is 16.1. The highest BCUT2D eigenvalue weighted by molar-refractivity contribution is 6.05. The van der Waals surface area contributed by atoms with Crippen LogP contribution in [0.4, 0.5) is 5.69 Å². The van der Waals surface area contributed by atoms with Crippen molar-refractivity contribution in [2.24, 2.45) is 0 Å². The minimum atomic E-state index is -0.125. The predicted molar refractivity (Wildman–Crippen MR) is 98.7 cm³/mol. The lowest BCUT2D eigenvalue weighted by Crippen LogP contribution is -2.12. The molecule has 3 rings (SSSR count). The highest BCUT2D eigenvalue weighted by Gasteiger charge is 2.08. The number of carbonyl (C=O) groups excluding carboxylic acids is 1. The summed E-state index contributed by atoms with van der Waals surface area (Å²) in [4.78, 5) is 12.4. The molecule has 3 heteroatoms. The maximum atomic E-state index is 12.4. The van der Waals surface area contributed by atoms with E-state index in [1.54, 1.807) is 12.1 Å². The van der Waals surface area contributed by atoms with E-state index in [-0.39, 0.29) is 12.0 Å². The zero-order valence-corrected chi connectivity index (χ0v) is 14.0. The van der Waals surface area contributed by atoms with Gasteiger partial charge in [0.2, 0.25) is 0 Å². The van der Waals surface area contributed by atoms with Gasteiger partial charge in [-0.3, -0.25) is 4.79 Å². The molecule has 0 aliphatic rings. The molecule has 1 amide bonds. The van der Waals surface area contributed by atoms with E-state index in [1.165, 1.54) is 0 Å². The fourth-order valence-corrected chi connectivity index (χ4v) is 2.47. The van der Waals surface area contributed by atoms with Crippen molar-refractivity contribution in [3.05, 3.63) is 72.3 Å². The molecule has 0 spiro atoms. The molecule has 24 heavy (non-hydrogen) atoms. The lowest BCUT2D eigenvalue weighted by Gasteiger charge is -2.12. The van der Waals surface area contributed by atoms with Crippen LogP contribution >= 0.6 is 0 Å². The van der Waals surface area contributed by atoms with Gasteiger partial charge < -0.3 is 10.1 Å². The Morgan fingerprint density at radius 3 is 2.42 bits per heavy atom. The fraction of sp³-hybridized carbons (Fsp3) is 0.190. The largest absolute Gasteiger partial charge is 0.491 e. The second kappa shape index (κ2) is 7.18. The van der Waals surface area contributed by atoms with Crippen LogP contribution in [0.5, 0.6) is 5.75 Å². The highest BCUT2D eigenvalue weighted by Crippen LogP contribution is 2.20. The molecule has 0 saturated carbocycles. The molecule has 3 aromatic rings. The molecule has 3 aromatic carbocycles. The molecule has 0 radical (unpaired) electrons. The Kier molecular flexibility index (Phi) is 4.80. The summed E-state index contributed by atoms with van der Waals surface area (Å²) in [5, 5.41) is 5.20. The molecule has 0 aliphatic carbocycles. The van der Waals surface area contributed by atoms with Gasteiger partial charge in [-0.1, -0.05) is 37.3 Å². The third kappa shape index (κ3) is 3.74. The van der Waals surface area contributed by atoms with Gasteiger partial charge in [0.15, 0.2) is 0 Å². The summed E-state index contributed by atoms with van der Waals surface area (Å²) in [5.41, 5.74) is 1.40.